The molecular weight excluding hydrogens is 258 g/mol. The second-order valence-corrected chi connectivity index (χ2v) is 4.85. The normalized spacial score (nSPS) is 13.9. The summed E-state index contributed by atoms with van der Waals surface area (Å²) in [5, 5.41) is 22.3. The smallest absolute Gasteiger partial charge is 0.374 e. The lowest BCUT2D eigenvalue weighted by molar-refractivity contribution is 0.0684. The number of nitrogens with one attached hydrogen (secondary N) is 1. The molecule has 0 saturated heterocycles. The highest BCUT2D eigenvalue weighted by atomic mass is 16.4. The molecule has 0 fully saturated rings. The number of aromatic nitrogens is 2. The number of carbonyl (C=O) groups is 1. The molecule has 0 spiro atoms. The van der Waals surface area contributed by atoms with E-state index in [1.807, 2.05) is 19.1 Å². The third-order valence-corrected chi connectivity index (χ3v) is 2.87. The first-order valence-corrected chi connectivity index (χ1v) is 6.42. The Labute approximate surface area is 116 Å². The van der Waals surface area contributed by atoms with Gasteiger partial charge in [0.05, 0.1) is 11.6 Å². The molecule has 0 aliphatic rings. The largest absolute Gasteiger partial charge is 0.475 e. The standard InChI is InChI=1S/C14H17N3O3/c1-8(7-9(2)18)15-12-10-5-3-4-6-11(10)16-13(17-12)14(19)20/h3-6,8-9,18H,7H2,1-2H3,(H,19,20)(H,15,16,17). The van der Waals surface area contributed by atoms with Gasteiger partial charge < -0.3 is 15.5 Å². The average molecular weight is 275 g/mol. The average Bonchev–Trinajstić information content (AvgIpc) is 2.37. The maximum atomic E-state index is 11.1. The highest BCUT2D eigenvalue weighted by Gasteiger charge is 2.14. The third-order valence-electron chi connectivity index (χ3n) is 2.87. The summed E-state index contributed by atoms with van der Waals surface area (Å²) in [4.78, 5) is 19.1. The molecule has 0 bridgehead atoms. The lowest BCUT2D eigenvalue weighted by Crippen LogP contribution is -2.22. The van der Waals surface area contributed by atoms with Crippen molar-refractivity contribution in [3.63, 3.8) is 0 Å². The fourth-order valence-corrected chi connectivity index (χ4v) is 2.09. The van der Waals surface area contributed by atoms with Gasteiger partial charge >= 0.3 is 5.97 Å². The van der Waals surface area contributed by atoms with Crippen LogP contribution in [-0.4, -0.2) is 38.3 Å². The Bertz CT molecular complexity index is 628. The number of hydrogen-bond acceptors (Lipinski definition) is 5. The van der Waals surface area contributed by atoms with E-state index in [2.05, 4.69) is 15.3 Å². The van der Waals surface area contributed by atoms with Gasteiger partial charge in [-0.15, -0.1) is 0 Å². The van der Waals surface area contributed by atoms with Crippen LogP contribution < -0.4 is 5.32 Å². The number of rotatable bonds is 5. The lowest BCUT2D eigenvalue weighted by Gasteiger charge is -2.17. The van der Waals surface area contributed by atoms with Crippen molar-refractivity contribution in [3.8, 4) is 0 Å². The number of benzene rings is 1. The highest BCUT2D eigenvalue weighted by Crippen LogP contribution is 2.21. The molecule has 1 aromatic heterocycles. The van der Waals surface area contributed by atoms with Crippen molar-refractivity contribution >= 4 is 22.7 Å². The number of aliphatic hydroxyl groups excluding tert-OH is 1. The van der Waals surface area contributed by atoms with Crippen LogP contribution >= 0.6 is 0 Å². The second kappa shape index (κ2) is 5.83. The molecule has 0 saturated carbocycles. The molecule has 6 heteroatoms. The second-order valence-electron chi connectivity index (χ2n) is 4.85. The number of anilines is 1. The Morgan fingerprint density at radius 3 is 2.65 bits per heavy atom. The van der Waals surface area contributed by atoms with E-state index in [0.29, 0.717) is 17.8 Å². The molecule has 2 aromatic rings. The van der Waals surface area contributed by atoms with Crippen LogP contribution in [0.1, 0.15) is 30.9 Å². The Hall–Kier alpha value is -2.21. The van der Waals surface area contributed by atoms with Gasteiger partial charge in [-0.1, -0.05) is 12.1 Å². The Balaban J connectivity index is 2.42. The van der Waals surface area contributed by atoms with E-state index in [1.165, 1.54) is 0 Å². The molecule has 20 heavy (non-hydrogen) atoms. The van der Waals surface area contributed by atoms with Crippen LogP contribution in [0.15, 0.2) is 24.3 Å². The Morgan fingerprint density at radius 2 is 2.00 bits per heavy atom. The topological polar surface area (TPSA) is 95.3 Å². The van der Waals surface area contributed by atoms with Crippen molar-refractivity contribution in [2.24, 2.45) is 0 Å². The molecule has 2 unspecified atom stereocenters. The highest BCUT2D eigenvalue weighted by molar-refractivity contribution is 5.93. The molecule has 0 amide bonds. The van der Waals surface area contributed by atoms with Crippen LogP contribution in [0.3, 0.4) is 0 Å². The van der Waals surface area contributed by atoms with Gasteiger partial charge in [0.15, 0.2) is 0 Å². The molecule has 2 atom stereocenters. The van der Waals surface area contributed by atoms with Crippen molar-refractivity contribution in [2.75, 3.05) is 5.32 Å². The first-order valence-electron chi connectivity index (χ1n) is 6.42. The fourth-order valence-electron chi connectivity index (χ4n) is 2.09. The van der Waals surface area contributed by atoms with E-state index >= 15 is 0 Å². The number of hydrogen-bond donors (Lipinski definition) is 3. The van der Waals surface area contributed by atoms with Crippen molar-refractivity contribution in [1.82, 2.24) is 9.97 Å². The quantitative estimate of drug-likeness (QED) is 0.771. The molecular formula is C14H17N3O3. The number of carboxylic acid groups (broad SMARTS) is 1. The summed E-state index contributed by atoms with van der Waals surface area (Å²) < 4.78 is 0. The van der Waals surface area contributed by atoms with Crippen LogP contribution in [0.5, 0.6) is 0 Å². The molecule has 3 N–H and O–H groups in total. The molecule has 6 nitrogen and oxygen atoms in total. The summed E-state index contributed by atoms with van der Waals surface area (Å²) in [6.07, 6.45) is 0.102. The Morgan fingerprint density at radius 1 is 1.30 bits per heavy atom. The SMILES string of the molecule is CC(O)CC(C)Nc1nc(C(=O)O)nc2ccccc12. The number of fused-ring (bicyclic) bond motifs is 1. The van der Waals surface area contributed by atoms with Crippen molar-refractivity contribution < 1.29 is 15.0 Å². The number of carboxylic acids is 1. The van der Waals surface area contributed by atoms with Gasteiger partial charge in [-0.25, -0.2) is 14.8 Å². The van der Waals surface area contributed by atoms with Gasteiger partial charge in [0, 0.05) is 11.4 Å². The minimum Gasteiger partial charge on any atom is -0.475 e. The number of nitrogens with zero attached hydrogens (tertiary/aromatic N) is 2. The van der Waals surface area contributed by atoms with Crippen LogP contribution in [0, 0.1) is 0 Å². The van der Waals surface area contributed by atoms with Crippen molar-refractivity contribution in [1.29, 1.82) is 0 Å². The molecule has 106 valence electrons. The lowest BCUT2D eigenvalue weighted by atomic mass is 10.1. The summed E-state index contributed by atoms with van der Waals surface area (Å²) in [5.41, 5.74) is 0.576. The van der Waals surface area contributed by atoms with E-state index in [0.717, 1.165) is 5.39 Å². The van der Waals surface area contributed by atoms with Crippen LogP contribution in [0.25, 0.3) is 10.9 Å². The molecule has 0 radical (unpaired) electrons. The Kier molecular flexibility index (Phi) is 4.14. The maximum Gasteiger partial charge on any atom is 0.374 e. The van der Waals surface area contributed by atoms with Crippen LogP contribution in [0.2, 0.25) is 0 Å². The van der Waals surface area contributed by atoms with Crippen LogP contribution in [0.4, 0.5) is 5.82 Å². The van der Waals surface area contributed by atoms with E-state index in [-0.39, 0.29) is 11.9 Å². The van der Waals surface area contributed by atoms with Gasteiger partial charge in [-0.05, 0) is 32.4 Å². The van der Waals surface area contributed by atoms with Gasteiger partial charge in [0.25, 0.3) is 0 Å². The molecule has 2 rings (SSSR count). The van der Waals surface area contributed by atoms with E-state index in [4.69, 9.17) is 5.11 Å². The number of aromatic carboxylic acids is 1. The molecule has 1 aromatic carbocycles. The summed E-state index contributed by atoms with van der Waals surface area (Å²) in [7, 11) is 0. The molecule has 0 aliphatic heterocycles. The molecule has 0 aliphatic carbocycles. The van der Waals surface area contributed by atoms with Gasteiger partial charge in [-0.2, -0.15) is 0 Å². The zero-order valence-electron chi connectivity index (χ0n) is 11.4. The van der Waals surface area contributed by atoms with Gasteiger partial charge in [0.1, 0.15) is 5.82 Å². The van der Waals surface area contributed by atoms with Crippen molar-refractivity contribution in [2.45, 2.75) is 32.4 Å². The van der Waals surface area contributed by atoms with E-state index in [1.54, 1.807) is 19.1 Å². The summed E-state index contributed by atoms with van der Waals surface area (Å²) in [5.74, 6) is -0.932. The fraction of sp³-hybridized carbons (Fsp3) is 0.357. The zero-order chi connectivity index (χ0) is 14.7. The third kappa shape index (κ3) is 3.21. The number of para-hydroxylation sites is 1. The first-order chi connectivity index (χ1) is 9.47. The zero-order valence-corrected chi connectivity index (χ0v) is 11.4. The minimum atomic E-state index is -1.16. The minimum absolute atomic E-state index is 0.0325. The maximum absolute atomic E-state index is 11.1. The summed E-state index contributed by atoms with van der Waals surface area (Å²) >= 11 is 0. The van der Waals surface area contributed by atoms with Gasteiger partial charge in [0.2, 0.25) is 5.82 Å². The molecule has 1 heterocycles. The van der Waals surface area contributed by atoms with Crippen molar-refractivity contribution in [3.05, 3.63) is 30.1 Å². The summed E-state index contributed by atoms with van der Waals surface area (Å²) in [6, 6.07) is 7.18. The van der Waals surface area contributed by atoms with E-state index < -0.39 is 12.1 Å². The van der Waals surface area contributed by atoms with Gasteiger partial charge in [-0.3, -0.25) is 0 Å². The predicted octanol–water partition coefficient (Wildman–Crippen LogP) is 1.90. The first kappa shape index (κ1) is 14.2. The number of aliphatic hydroxyl groups is 1. The monoisotopic (exact) mass is 275 g/mol. The predicted molar refractivity (Wildman–Crippen MR) is 75.9 cm³/mol. The van der Waals surface area contributed by atoms with Crippen LogP contribution in [-0.2, 0) is 0 Å². The summed E-state index contributed by atoms with van der Waals surface area (Å²) in [6.45, 7) is 3.61. The van der Waals surface area contributed by atoms with E-state index in [9.17, 15) is 9.90 Å².